The van der Waals surface area contributed by atoms with Gasteiger partial charge in [-0.2, -0.15) is 0 Å². The van der Waals surface area contributed by atoms with E-state index >= 15 is 0 Å². The van der Waals surface area contributed by atoms with Crippen molar-refractivity contribution in [2.45, 2.75) is 0 Å². The molecule has 0 saturated carbocycles. The molecule has 0 aliphatic heterocycles. The third-order valence-electron chi connectivity index (χ3n) is 3.77. The summed E-state index contributed by atoms with van der Waals surface area (Å²) in [6, 6.07) is 29.2. The minimum Gasteiger partial charge on any atom is -0.245 e. The standard InChI is InChI=1S/C21H15NS/c1-3-9-16(10-4-1)15-22-21-20(17-11-5-2-6-12-17)18-13-7-8-14-19(18)23-21/h1-15H/b22-15+. The number of benzene rings is 3. The van der Waals surface area contributed by atoms with Gasteiger partial charge in [0.2, 0.25) is 0 Å². The molecule has 4 aromatic rings. The smallest absolute Gasteiger partial charge is 0.125 e. The fourth-order valence-corrected chi connectivity index (χ4v) is 3.75. The number of rotatable bonds is 3. The van der Waals surface area contributed by atoms with Gasteiger partial charge in [0.1, 0.15) is 5.00 Å². The predicted molar refractivity (Wildman–Crippen MR) is 101 cm³/mol. The van der Waals surface area contributed by atoms with E-state index in [1.54, 1.807) is 11.3 Å². The predicted octanol–water partition coefficient (Wildman–Crippen LogP) is 6.32. The number of nitrogens with zero attached hydrogens (tertiary/aromatic N) is 1. The Balaban J connectivity index is 1.88. The molecular formula is C21H15NS. The van der Waals surface area contributed by atoms with Gasteiger partial charge < -0.3 is 0 Å². The fraction of sp³-hybridized carbons (Fsp3) is 0. The molecule has 2 heteroatoms. The maximum absolute atomic E-state index is 4.78. The summed E-state index contributed by atoms with van der Waals surface area (Å²) in [5, 5.41) is 2.32. The molecule has 0 radical (unpaired) electrons. The Labute approximate surface area is 139 Å². The number of fused-ring (bicyclic) bond motifs is 1. The topological polar surface area (TPSA) is 12.4 Å². The van der Waals surface area contributed by atoms with Crippen LogP contribution in [0, 0.1) is 0 Å². The lowest BCUT2D eigenvalue weighted by molar-refractivity contribution is 1.59. The molecule has 0 bridgehead atoms. The van der Waals surface area contributed by atoms with Crippen LogP contribution < -0.4 is 0 Å². The van der Waals surface area contributed by atoms with E-state index in [0.717, 1.165) is 10.6 Å². The normalized spacial score (nSPS) is 11.3. The Bertz CT molecular complexity index is 953. The zero-order valence-corrected chi connectivity index (χ0v) is 13.3. The van der Waals surface area contributed by atoms with Crippen LogP contribution in [0.3, 0.4) is 0 Å². The van der Waals surface area contributed by atoms with Crippen molar-refractivity contribution in [3.63, 3.8) is 0 Å². The highest BCUT2D eigenvalue weighted by Gasteiger charge is 2.12. The second-order valence-electron chi connectivity index (χ2n) is 5.31. The van der Waals surface area contributed by atoms with E-state index in [2.05, 4.69) is 60.7 Å². The number of aliphatic imine (C=N–C) groups is 1. The van der Waals surface area contributed by atoms with Gasteiger partial charge in [0.15, 0.2) is 0 Å². The summed E-state index contributed by atoms with van der Waals surface area (Å²) in [5.74, 6) is 0. The summed E-state index contributed by atoms with van der Waals surface area (Å²) < 4.78 is 1.27. The van der Waals surface area contributed by atoms with Crippen LogP contribution in [-0.4, -0.2) is 6.21 Å². The molecule has 0 aliphatic carbocycles. The largest absolute Gasteiger partial charge is 0.245 e. The average Bonchev–Trinajstić information content (AvgIpc) is 3.00. The molecule has 3 aromatic carbocycles. The van der Waals surface area contributed by atoms with Crippen LogP contribution in [0.5, 0.6) is 0 Å². The molecule has 0 unspecified atom stereocenters. The van der Waals surface area contributed by atoms with Crippen molar-refractivity contribution in [1.29, 1.82) is 0 Å². The van der Waals surface area contributed by atoms with Gasteiger partial charge in [-0.3, -0.25) is 0 Å². The van der Waals surface area contributed by atoms with Gasteiger partial charge in [0, 0.05) is 21.9 Å². The molecule has 0 aliphatic rings. The Hall–Kier alpha value is -2.71. The van der Waals surface area contributed by atoms with Gasteiger partial charge in [-0.25, -0.2) is 4.99 Å². The van der Waals surface area contributed by atoms with Crippen LogP contribution in [0.2, 0.25) is 0 Å². The summed E-state index contributed by atoms with van der Waals surface area (Å²) in [6.07, 6.45) is 1.94. The number of thiophene rings is 1. The number of hydrogen-bond donors (Lipinski definition) is 0. The highest BCUT2D eigenvalue weighted by Crippen LogP contribution is 2.44. The molecule has 0 spiro atoms. The molecule has 1 aromatic heterocycles. The van der Waals surface area contributed by atoms with Gasteiger partial charge in [-0.1, -0.05) is 78.9 Å². The Morgan fingerprint density at radius 1 is 0.696 bits per heavy atom. The first-order chi connectivity index (χ1) is 11.4. The highest BCUT2D eigenvalue weighted by atomic mass is 32.1. The molecule has 0 saturated heterocycles. The molecule has 0 atom stereocenters. The van der Waals surface area contributed by atoms with E-state index in [0.29, 0.717) is 0 Å². The quantitative estimate of drug-likeness (QED) is 0.392. The van der Waals surface area contributed by atoms with Crippen molar-refractivity contribution in [2.24, 2.45) is 4.99 Å². The van der Waals surface area contributed by atoms with Crippen LogP contribution >= 0.6 is 11.3 Å². The first-order valence-corrected chi connectivity index (χ1v) is 8.39. The van der Waals surface area contributed by atoms with Crippen molar-refractivity contribution < 1.29 is 0 Å². The molecule has 0 amide bonds. The summed E-state index contributed by atoms with van der Waals surface area (Å²) >= 11 is 1.74. The molecule has 4 rings (SSSR count). The van der Waals surface area contributed by atoms with Crippen molar-refractivity contribution in [1.82, 2.24) is 0 Å². The third-order valence-corrected chi connectivity index (χ3v) is 4.85. The monoisotopic (exact) mass is 313 g/mol. The zero-order valence-electron chi connectivity index (χ0n) is 12.5. The third kappa shape index (κ3) is 2.81. The molecule has 23 heavy (non-hydrogen) atoms. The van der Waals surface area contributed by atoms with Crippen LogP contribution in [0.1, 0.15) is 5.56 Å². The molecule has 1 nitrogen and oxygen atoms in total. The lowest BCUT2D eigenvalue weighted by atomic mass is 10.0. The van der Waals surface area contributed by atoms with E-state index in [9.17, 15) is 0 Å². The van der Waals surface area contributed by atoms with Gasteiger partial charge in [-0.05, 0) is 17.2 Å². The van der Waals surface area contributed by atoms with Crippen LogP contribution in [0.25, 0.3) is 21.2 Å². The maximum atomic E-state index is 4.78. The molecular weight excluding hydrogens is 298 g/mol. The first-order valence-electron chi connectivity index (χ1n) is 7.58. The van der Waals surface area contributed by atoms with E-state index in [-0.39, 0.29) is 0 Å². The summed E-state index contributed by atoms with van der Waals surface area (Å²) in [5.41, 5.74) is 3.55. The van der Waals surface area contributed by atoms with Crippen LogP contribution in [0.4, 0.5) is 5.00 Å². The summed E-state index contributed by atoms with van der Waals surface area (Å²) in [6.45, 7) is 0. The summed E-state index contributed by atoms with van der Waals surface area (Å²) in [4.78, 5) is 4.78. The van der Waals surface area contributed by atoms with E-state index in [1.165, 1.54) is 21.2 Å². The van der Waals surface area contributed by atoms with Crippen molar-refractivity contribution >= 4 is 32.6 Å². The minimum atomic E-state index is 1.06. The van der Waals surface area contributed by atoms with Crippen LogP contribution in [0.15, 0.2) is 89.9 Å². The lowest BCUT2D eigenvalue weighted by Gasteiger charge is -2.01. The minimum absolute atomic E-state index is 1.06. The molecule has 110 valence electrons. The number of hydrogen-bond acceptors (Lipinski definition) is 2. The molecule has 0 fully saturated rings. The zero-order chi connectivity index (χ0) is 15.5. The lowest BCUT2D eigenvalue weighted by Crippen LogP contribution is -1.79. The van der Waals surface area contributed by atoms with Crippen molar-refractivity contribution in [3.05, 3.63) is 90.5 Å². The van der Waals surface area contributed by atoms with E-state index in [4.69, 9.17) is 4.99 Å². The second-order valence-corrected chi connectivity index (χ2v) is 6.34. The van der Waals surface area contributed by atoms with E-state index in [1.807, 2.05) is 30.5 Å². The molecule has 1 heterocycles. The van der Waals surface area contributed by atoms with Gasteiger partial charge in [-0.15, -0.1) is 11.3 Å². The SMILES string of the molecule is C(=N\c1sc2ccccc2c1-c1ccccc1)/c1ccccc1. The van der Waals surface area contributed by atoms with Gasteiger partial charge in [0.05, 0.1) is 0 Å². The Morgan fingerprint density at radius 3 is 2.13 bits per heavy atom. The first kappa shape index (κ1) is 13.9. The Morgan fingerprint density at radius 2 is 1.35 bits per heavy atom. The van der Waals surface area contributed by atoms with Crippen molar-refractivity contribution in [3.8, 4) is 11.1 Å². The van der Waals surface area contributed by atoms with Crippen molar-refractivity contribution in [2.75, 3.05) is 0 Å². The van der Waals surface area contributed by atoms with Gasteiger partial charge in [0.25, 0.3) is 0 Å². The second kappa shape index (κ2) is 6.19. The average molecular weight is 313 g/mol. The fourth-order valence-electron chi connectivity index (χ4n) is 2.68. The van der Waals surface area contributed by atoms with Gasteiger partial charge >= 0.3 is 0 Å². The van der Waals surface area contributed by atoms with Crippen LogP contribution in [-0.2, 0) is 0 Å². The summed E-state index contributed by atoms with van der Waals surface area (Å²) in [7, 11) is 0. The highest BCUT2D eigenvalue weighted by molar-refractivity contribution is 7.23. The Kier molecular flexibility index (Phi) is 3.75. The maximum Gasteiger partial charge on any atom is 0.125 e. The van der Waals surface area contributed by atoms with E-state index < -0.39 is 0 Å². The molecule has 0 N–H and O–H groups in total.